The first-order valence-electron chi connectivity index (χ1n) is 5.63. The molecule has 1 atom stereocenters. The number of Topliss-reactive ketones (excluding diaryl/α,β-unsaturated/α-hetero) is 1. The van der Waals surface area contributed by atoms with Crippen molar-refractivity contribution in [3.63, 3.8) is 0 Å². The number of carbonyl (C=O) groups excluding carboxylic acids is 2. The van der Waals surface area contributed by atoms with Crippen molar-refractivity contribution < 1.29 is 14.5 Å². The van der Waals surface area contributed by atoms with Crippen LogP contribution in [-0.4, -0.2) is 22.5 Å². The first-order chi connectivity index (χ1) is 7.82. The smallest absolute Gasteiger partial charge is 0.214 e. The maximum absolute atomic E-state index is 11.4. The van der Waals surface area contributed by atoms with E-state index in [0.29, 0.717) is 0 Å². The van der Waals surface area contributed by atoms with Gasteiger partial charge in [-0.15, -0.1) is 0 Å². The Morgan fingerprint density at radius 1 is 1.18 bits per heavy atom. The molecule has 5 nitrogen and oxygen atoms in total. The van der Waals surface area contributed by atoms with E-state index >= 15 is 0 Å². The lowest BCUT2D eigenvalue weighted by Gasteiger charge is -2.07. The standard InChI is InChI=1S/C12H19NO4/c1-9(2)8-12(15)7-6-11(13(16)17)5-4-10(3)14/h8,11H,4-7H2,1-3H3. The van der Waals surface area contributed by atoms with Crippen molar-refractivity contribution in [3.05, 3.63) is 21.8 Å². The highest BCUT2D eigenvalue weighted by molar-refractivity contribution is 5.90. The Balaban J connectivity index is 4.18. The van der Waals surface area contributed by atoms with Crippen LogP contribution < -0.4 is 0 Å². The van der Waals surface area contributed by atoms with Gasteiger partial charge in [-0.3, -0.25) is 14.9 Å². The maximum Gasteiger partial charge on any atom is 0.214 e. The predicted octanol–water partition coefficient (Wildman–Crippen LogP) is 2.32. The van der Waals surface area contributed by atoms with Gasteiger partial charge in [0.2, 0.25) is 6.04 Å². The Kier molecular flexibility index (Phi) is 7.02. The summed E-state index contributed by atoms with van der Waals surface area (Å²) in [4.78, 5) is 32.4. The number of rotatable bonds is 8. The lowest BCUT2D eigenvalue weighted by atomic mass is 10.0. The van der Waals surface area contributed by atoms with Crippen LogP contribution in [0.2, 0.25) is 0 Å². The number of nitrogens with zero attached hydrogens (tertiary/aromatic N) is 1. The van der Waals surface area contributed by atoms with E-state index in [0.717, 1.165) is 5.57 Å². The summed E-state index contributed by atoms with van der Waals surface area (Å²) >= 11 is 0. The number of hydrogen-bond donors (Lipinski definition) is 0. The second kappa shape index (κ2) is 7.70. The van der Waals surface area contributed by atoms with Gasteiger partial charge < -0.3 is 4.79 Å². The van der Waals surface area contributed by atoms with E-state index in [1.54, 1.807) is 13.8 Å². The zero-order chi connectivity index (χ0) is 13.4. The summed E-state index contributed by atoms with van der Waals surface area (Å²) in [6.45, 7) is 5.02. The van der Waals surface area contributed by atoms with Crippen LogP contribution in [0, 0.1) is 10.1 Å². The highest BCUT2D eigenvalue weighted by Crippen LogP contribution is 2.10. The molecule has 0 bridgehead atoms. The van der Waals surface area contributed by atoms with E-state index in [1.165, 1.54) is 13.0 Å². The van der Waals surface area contributed by atoms with Gasteiger partial charge in [-0.2, -0.15) is 0 Å². The fraction of sp³-hybridized carbons (Fsp3) is 0.667. The lowest BCUT2D eigenvalue weighted by molar-refractivity contribution is -0.524. The van der Waals surface area contributed by atoms with Crippen molar-refractivity contribution in [1.29, 1.82) is 0 Å². The van der Waals surface area contributed by atoms with Gasteiger partial charge in [-0.05, 0) is 26.8 Å². The van der Waals surface area contributed by atoms with Crippen LogP contribution >= 0.6 is 0 Å². The molecule has 0 spiro atoms. The van der Waals surface area contributed by atoms with Crippen molar-refractivity contribution >= 4 is 11.6 Å². The molecular weight excluding hydrogens is 222 g/mol. The third kappa shape index (κ3) is 8.30. The highest BCUT2D eigenvalue weighted by Gasteiger charge is 2.21. The fourth-order valence-corrected chi connectivity index (χ4v) is 1.43. The largest absolute Gasteiger partial charge is 0.300 e. The molecule has 0 amide bonds. The van der Waals surface area contributed by atoms with Gasteiger partial charge in [-0.25, -0.2) is 0 Å². The number of allylic oxidation sites excluding steroid dienone is 2. The van der Waals surface area contributed by atoms with Gasteiger partial charge in [-0.1, -0.05) is 5.57 Å². The minimum atomic E-state index is -0.798. The Labute approximate surface area is 101 Å². The molecule has 0 aromatic rings. The Morgan fingerprint density at radius 2 is 1.71 bits per heavy atom. The monoisotopic (exact) mass is 241 g/mol. The van der Waals surface area contributed by atoms with Crippen molar-refractivity contribution in [2.45, 2.75) is 52.5 Å². The van der Waals surface area contributed by atoms with Crippen LogP contribution in [0.3, 0.4) is 0 Å². The maximum atomic E-state index is 11.4. The molecule has 17 heavy (non-hydrogen) atoms. The zero-order valence-electron chi connectivity index (χ0n) is 10.6. The minimum absolute atomic E-state index is 0.0625. The van der Waals surface area contributed by atoms with Crippen LogP contribution in [0.4, 0.5) is 0 Å². The Morgan fingerprint density at radius 3 is 2.12 bits per heavy atom. The molecule has 0 radical (unpaired) electrons. The van der Waals surface area contributed by atoms with Gasteiger partial charge in [0.1, 0.15) is 5.78 Å². The molecule has 0 aliphatic carbocycles. The topological polar surface area (TPSA) is 77.3 Å². The van der Waals surface area contributed by atoms with E-state index < -0.39 is 11.0 Å². The quantitative estimate of drug-likeness (QED) is 0.371. The molecule has 0 aliphatic rings. The van der Waals surface area contributed by atoms with Crippen molar-refractivity contribution in [2.75, 3.05) is 0 Å². The Hall–Kier alpha value is -1.52. The SMILES string of the molecule is CC(=O)CCC(CCC(=O)C=C(C)C)[N+](=O)[O-]. The molecule has 0 fully saturated rings. The van der Waals surface area contributed by atoms with Crippen LogP contribution in [-0.2, 0) is 9.59 Å². The molecule has 0 aromatic heterocycles. The average Bonchev–Trinajstić information content (AvgIpc) is 2.15. The lowest BCUT2D eigenvalue weighted by Crippen LogP contribution is -2.21. The van der Waals surface area contributed by atoms with Gasteiger partial charge in [0, 0.05) is 30.6 Å². The Bertz CT molecular complexity index is 329. The summed E-state index contributed by atoms with van der Waals surface area (Å²) in [6, 6.07) is -0.798. The van der Waals surface area contributed by atoms with Crippen LogP contribution in [0.1, 0.15) is 46.5 Å². The van der Waals surface area contributed by atoms with Crippen molar-refractivity contribution in [3.8, 4) is 0 Å². The third-order valence-corrected chi connectivity index (χ3v) is 2.30. The van der Waals surface area contributed by atoms with Gasteiger partial charge in [0.15, 0.2) is 5.78 Å². The molecule has 0 heterocycles. The highest BCUT2D eigenvalue weighted by atomic mass is 16.6. The average molecular weight is 241 g/mol. The molecule has 0 rings (SSSR count). The summed E-state index contributed by atoms with van der Waals surface area (Å²) in [5.74, 6) is -0.160. The van der Waals surface area contributed by atoms with Crippen LogP contribution in [0.15, 0.2) is 11.6 Å². The van der Waals surface area contributed by atoms with E-state index in [4.69, 9.17) is 0 Å². The summed E-state index contributed by atoms with van der Waals surface area (Å²) in [5, 5.41) is 10.7. The summed E-state index contributed by atoms with van der Waals surface area (Å²) in [6.07, 6.45) is 2.26. The molecule has 5 heteroatoms. The van der Waals surface area contributed by atoms with Crippen molar-refractivity contribution in [2.24, 2.45) is 0 Å². The first-order valence-corrected chi connectivity index (χ1v) is 5.63. The number of hydrogen-bond acceptors (Lipinski definition) is 4. The normalized spacial score (nSPS) is 11.7. The van der Waals surface area contributed by atoms with Gasteiger partial charge in [0.05, 0.1) is 0 Å². The predicted molar refractivity (Wildman–Crippen MR) is 64.4 cm³/mol. The van der Waals surface area contributed by atoms with E-state index in [2.05, 4.69) is 0 Å². The number of carbonyl (C=O) groups is 2. The molecular formula is C12H19NO4. The van der Waals surface area contributed by atoms with Crippen LogP contribution in [0.25, 0.3) is 0 Å². The second-order valence-electron chi connectivity index (χ2n) is 4.41. The van der Waals surface area contributed by atoms with Gasteiger partial charge >= 0.3 is 0 Å². The molecule has 1 unspecified atom stereocenters. The second-order valence-corrected chi connectivity index (χ2v) is 4.41. The molecule has 0 aliphatic heterocycles. The fourth-order valence-electron chi connectivity index (χ4n) is 1.43. The van der Waals surface area contributed by atoms with Crippen LogP contribution in [0.5, 0.6) is 0 Å². The zero-order valence-corrected chi connectivity index (χ0v) is 10.6. The van der Waals surface area contributed by atoms with Gasteiger partial charge in [0.25, 0.3) is 0 Å². The molecule has 96 valence electrons. The molecule has 0 aromatic carbocycles. The molecule has 0 saturated heterocycles. The summed E-state index contributed by atoms with van der Waals surface area (Å²) < 4.78 is 0. The molecule has 0 N–H and O–H groups in total. The van der Waals surface area contributed by atoms with E-state index in [1.807, 2.05) is 0 Å². The van der Waals surface area contributed by atoms with Crippen molar-refractivity contribution in [1.82, 2.24) is 0 Å². The first kappa shape index (κ1) is 15.5. The summed E-state index contributed by atoms with van der Waals surface area (Å²) in [7, 11) is 0. The third-order valence-electron chi connectivity index (χ3n) is 2.30. The summed E-state index contributed by atoms with van der Waals surface area (Å²) in [5.41, 5.74) is 0.886. The van der Waals surface area contributed by atoms with E-state index in [9.17, 15) is 19.7 Å². The molecule has 0 saturated carbocycles. The minimum Gasteiger partial charge on any atom is -0.300 e. The number of ketones is 2. The van der Waals surface area contributed by atoms with E-state index in [-0.39, 0.29) is 37.2 Å². The number of nitro groups is 1.